The van der Waals surface area contributed by atoms with Crippen LogP contribution < -0.4 is 0 Å². The lowest BCUT2D eigenvalue weighted by Crippen LogP contribution is -2.38. The molecule has 5 rings (SSSR count). The zero-order chi connectivity index (χ0) is 22.8. The zero-order valence-electron chi connectivity index (χ0n) is 18.6. The van der Waals surface area contributed by atoms with Gasteiger partial charge in [-0.05, 0) is 89.5 Å². The minimum absolute atomic E-state index is 0.152. The SMILES string of the molecule is Fc1ccc(C2CCN(CC3CN(Cc4cccc(Cl)c4Cl)CC3c3ccsc3)CC2)cc1. The number of hydrogen-bond acceptors (Lipinski definition) is 3. The van der Waals surface area contributed by atoms with Crippen molar-refractivity contribution in [1.82, 2.24) is 9.80 Å². The summed E-state index contributed by atoms with van der Waals surface area (Å²) in [5.41, 5.74) is 3.84. The van der Waals surface area contributed by atoms with Crippen molar-refractivity contribution in [2.45, 2.75) is 31.2 Å². The summed E-state index contributed by atoms with van der Waals surface area (Å²) in [4.78, 5) is 5.18. The minimum atomic E-state index is -0.152. The van der Waals surface area contributed by atoms with Gasteiger partial charge in [0.05, 0.1) is 10.0 Å². The maximum atomic E-state index is 13.3. The molecule has 0 spiro atoms. The van der Waals surface area contributed by atoms with Crippen LogP contribution in [0, 0.1) is 11.7 Å². The Hall–Kier alpha value is -1.43. The summed E-state index contributed by atoms with van der Waals surface area (Å²) >= 11 is 14.5. The van der Waals surface area contributed by atoms with Crippen molar-refractivity contribution in [3.63, 3.8) is 0 Å². The fourth-order valence-electron chi connectivity index (χ4n) is 5.57. The van der Waals surface area contributed by atoms with Crippen LogP contribution in [-0.2, 0) is 6.54 Å². The minimum Gasteiger partial charge on any atom is -0.303 e. The third-order valence-corrected chi connectivity index (χ3v) is 8.89. The fraction of sp³-hybridized carbons (Fsp3) is 0.407. The lowest BCUT2D eigenvalue weighted by molar-refractivity contribution is 0.177. The van der Waals surface area contributed by atoms with Gasteiger partial charge in [-0.15, -0.1) is 0 Å². The molecule has 0 N–H and O–H groups in total. The van der Waals surface area contributed by atoms with Gasteiger partial charge in [0.15, 0.2) is 0 Å². The average molecular weight is 504 g/mol. The number of halogens is 3. The van der Waals surface area contributed by atoms with Gasteiger partial charge in [0, 0.05) is 32.1 Å². The molecule has 3 aromatic rings. The Kier molecular flexibility index (Phi) is 7.39. The number of hydrogen-bond donors (Lipinski definition) is 0. The Morgan fingerprint density at radius 1 is 0.909 bits per heavy atom. The Balaban J connectivity index is 1.23. The first-order valence-electron chi connectivity index (χ1n) is 11.7. The highest BCUT2D eigenvalue weighted by atomic mass is 35.5. The Labute approximate surface area is 209 Å². The van der Waals surface area contributed by atoms with Gasteiger partial charge < -0.3 is 4.90 Å². The molecule has 0 aliphatic carbocycles. The maximum Gasteiger partial charge on any atom is 0.123 e. The van der Waals surface area contributed by atoms with E-state index in [1.807, 2.05) is 24.3 Å². The molecule has 0 amide bonds. The van der Waals surface area contributed by atoms with Crippen LogP contribution >= 0.6 is 34.5 Å². The van der Waals surface area contributed by atoms with Gasteiger partial charge in [-0.2, -0.15) is 11.3 Å². The van der Waals surface area contributed by atoms with Gasteiger partial charge in [-0.3, -0.25) is 4.90 Å². The average Bonchev–Trinajstić information content (AvgIpc) is 3.48. The molecule has 2 aliphatic heterocycles. The zero-order valence-corrected chi connectivity index (χ0v) is 20.9. The maximum absolute atomic E-state index is 13.3. The van der Waals surface area contributed by atoms with Crippen molar-refractivity contribution in [2.24, 2.45) is 5.92 Å². The van der Waals surface area contributed by atoms with Gasteiger partial charge in [-0.25, -0.2) is 4.39 Å². The molecular weight excluding hydrogens is 474 g/mol. The third-order valence-electron chi connectivity index (χ3n) is 7.34. The summed E-state index contributed by atoms with van der Waals surface area (Å²) in [5, 5.41) is 5.81. The summed E-state index contributed by atoms with van der Waals surface area (Å²) < 4.78 is 13.3. The van der Waals surface area contributed by atoms with Gasteiger partial charge in [-0.1, -0.05) is 47.5 Å². The number of benzene rings is 2. The molecular formula is C27H29Cl2FN2S. The predicted molar refractivity (Wildman–Crippen MR) is 137 cm³/mol. The van der Waals surface area contributed by atoms with Crippen molar-refractivity contribution < 1.29 is 4.39 Å². The Bertz CT molecular complexity index is 1050. The lowest BCUT2D eigenvalue weighted by atomic mass is 9.87. The topological polar surface area (TPSA) is 6.48 Å². The highest BCUT2D eigenvalue weighted by Crippen LogP contribution is 2.37. The van der Waals surface area contributed by atoms with Crippen LogP contribution in [0.15, 0.2) is 59.3 Å². The third kappa shape index (κ3) is 5.47. The summed E-state index contributed by atoms with van der Waals surface area (Å²) in [7, 11) is 0. The van der Waals surface area contributed by atoms with E-state index in [9.17, 15) is 4.39 Å². The Morgan fingerprint density at radius 3 is 2.42 bits per heavy atom. The fourth-order valence-corrected chi connectivity index (χ4v) is 6.67. The summed E-state index contributed by atoms with van der Waals surface area (Å²) in [5.74, 6) is 1.53. The molecule has 6 heteroatoms. The van der Waals surface area contributed by atoms with Crippen LogP contribution in [0.4, 0.5) is 4.39 Å². The van der Waals surface area contributed by atoms with Crippen LogP contribution in [0.5, 0.6) is 0 Å². The second kappa shape index (κ2) is 10.5. The van der Waals surface area contributed by atoms with Gasteiger partial charge in [0.25, 0.3) is 0 Å². The van der Waals surface area contributed by atoms with E-state index in [4.69, 9.17) is 23.2 Å². The molecule has 2 aromatic carbocycles. The monoisotopic (exact) mass is 502 g/mol. The number of thiophene rings is 1. The second-order valence-electron chi connectivity index (χ2n) is 9.46. The van der Waals surface area contributed by atoms with Crippen LogP contribution in [0.2, 0.25) is 10.0 Å². The van der Waals surface area contributed by atoms with Crippen molar-refractivity contribution in [3.8, 4) is 0 Å². The standard InChI is InChI=1S/C27H29Cl2FN2S/c28-26-3-1-2-21(27(26)29)14-32-16-23(25(17-32)22-10-13-33-18-22)15-31-11-8-20(9-12-31)19-4-6-24(30)7-5-19/h1-7,10,13,18,20,23,25H,8-9,11-12,14-17H2. The molecule has 3 heterocycles. The predicted octanol–water partition coefficient (Wildman–Crippen LogP) is 7.29. The molecule has 174 valence electrons. The molecule has 2 aliphatic rings. The molecule has 0 bridgehead atoms. The first-order chi connectivity index (χ1) is 16.1. The summed E-state index contributed by atoms with van der Waals surface area (Å²) in [6, 6.07) is 15.3. The number of rotatable bonds is 6. The molecule has 2 unspecified atom stereocenters. The smallest absolute Gasteiger partial charge is 0.123 e. The number of likely N-dealkylation sites (tertiary alicyclic amines) is 2. The van der Waals surface area contributed by atoms with E-state index in [1.165, 1.54) is 11.1 Å². The van der Waals surface area contributed by atoms with Gasteiger partial charge in [0.1, 0.15) is 5.82 Å². The first kappa shape index (κ1) is 23.3. The van der Waals surface area contributed by atoms with Crippen molar-refractivity contribution in [1.29, 1.82) is 0 Å². The van der Waals surface area contributed by atoms with Crippen LogP contribution in [0.3, 0.4) is 0 Å². The first-order valence-corrected chi connectivity index (χ1v) is 13.4. The molecule has 0 saturated carbocycles. The van der Waals surface area contributed by atoms with E-state index in [0.29, 0.717) is 27.8 Å². The molecule has 0 radical (unpaired) electrons. The van der Waals surface area contributed by atoms with E-state index in [1.54, 1.807) is 23.5 Å². The van der Waals surface area contributed by atoms with E-state index in [-0.39, 0.29) is 5.82 Å². The second-order valence-corrected chi connectivity index (χ2v) is 11.0. The van der Waals surface area contributed by atoms with Crippen molar-refractivity contribution in [2.75, 3.05) is 32.7 Å². The summed E-state index contributed by atoms with van der Waals surface area (Å²) in [6.07, 6.45) is 2.28. The largest absolute Gasteiger partial charge is 0.303 e. The lowest BCUT2D eigenvalue weighted by Gasteiger charge is -2.34. The van der Waals surface area contributed by atoms with E-state index >= 15 is 0 Å². The van der Waals surface area contributed by atoms with Gasteiger partial charge >= 0.3 is 0 Å². The highest BCUT2D eigenvalue weighted by molar-refractivity contribution is 7.08. The van der Waals surface area contributed by atoms with Crippen LogP contribution in [-0.4, -0.2) is 42.5 Å². The van der Waals surface area contributed by atoms with Crippen molar-refractivity contribution in [3.05, 3.63) is 91.8 Å². The molecule has 33 heavy (non-hydrogen) atoms. The van der Waals surface area contributed by atoms with Gasteiger partial charge in [0.2, 0.25) is 0 Å². The van der Waals surface area contributed by atoms with E-state index < -0.39 is 0 Å². The highest BCUT2D eigenvalue weighted by Gasteiger charge is 2.36. The molecule has 2 atom stereocenters. The van der Waals surface area contributed by atoms with Crippen LogP contribution in [0.1, 0.15) is 41.4 Å². The Morgan fingerprint density at radius 2 is 1.70 bits per heavy atom. The van der Waals surface area contributed by atoms with Crippen LogP contribution in [0.25, 0.3) is 0 Å². The van der Waals surface area contributed by atoms with Crippen molar-refractivity contribution >= 4 is 34.5 Å². The number of nitrogens with zero attached hydrogens (tertiary/aromatic N) is 2. The molecule has 1 aromatic heterocycles. The van der Waals surface area contributed by atoms with E-state index in [0.717, 1.165) is 57.7 Å². The number of piperidine rings is 1. The summed E-state index contributed by atoms with van der Waals surface area (Å²) in [6.45, 7) is 6.29. The quantitative estimate of drug-likeness (QED) is 0.349. The normalized spacial score (nSPS) is 22.8. The molecule has 2 saturated heterocycles. The molecule has 2 nitrogen and oxygen atoms in total. The van der Waals surface area contributed by atoms with E-state index in [2.05, 4.69) is 32.7 Å². The molecule has 2 fully saturated rings.